The Balaban J connectivity index is 2.01. The van der Waals surface area contributed by atoms with Crippen LogP contribution in [0.15, 0.2) is 18.5 Å². The first-order valence-electron chi connectivity index (χ1n) is 6.37. The summed E-state index contributed by atoms with van der Waals surface area (Å²) in [7, 11) is 0. The Hall–Kier alpha value is -0.800. The van der Waals surface area contributed by atoms with E-state index >= 15 is 0 Å². The molecule has 1 unspecified atom stereocenters. The molecule has 0 saturated heterocycles. The Labute approximate surface area is 108 Å². The third-order valence-electron chi connectivity index (χ3n) is 3.59. The van der Waals surface area contributed by atoms with Crippen LogP contribution in [0.2, 0.25) is 5.02 Å². The third-order valence-corrected chi connectivity index (χ3v) is 3.89. The van der Waals surface area contributed by atoms with E-state index < -0.39 is 0 Å². The van der Waals surface area contributed by atoms with Gasteiger partial charge in [0.25, 0.3) is 0 Å². The summed E-state index contributed by atoms with van der Waals surface area (Å²) in [4.78, 5) is 3.99. The number of aromatic nitrogens is 1. The Morgan fingerprint density at radius 2 is 2.18 bits per heavy atom. The van der Waals surface area contributed by atoms with Crippen molar-refractivity contribution in [2.24, 2.45) is 11.7 Å². The monoisotopic (exact) mass is 253 g/mol. The van der Waals surface area contributed by atoms with Gasteiger partial charge in [-0.1, -0.05) is 30.9 Å². The smallest absolute Gasteiger partial charge is 0.0820 e. The van der Waals surface area contributed by atoms with Crippen LogP contribution in [-0.2, 0) is 0 Å². The minimum atomic E-state index is 0.329. The van der Waals surface area contributed by atoms with E-state index in [0.717, 1.165) is 5.69 Å². The summed E-state index contributed by atoms with van der Waals surface area (Å²) in [5.41, 5.74) is 6.83. The van der Waals surface area contributed by atoms with Crippen molar-refractivity contribution in [2.75, 3.05) is 11.9 Å². The van der Waals surface area contributed by atoms with Gasteiger partial charge >= 0.3 is 0 Å². The Morgan fingerprint density at radius 1 is 1.41 bits per heavy atom. The van der Waals surface area contributed by atoms with E-state index in [4.69, 9.17) is 17.3 Å². The van der Waals surface area contributed by atoms with Gasteiger partial charge in [-0.2, -0.15) is 0 Å². The van der Waals surface area contributed by atoms with Crippen LogP contribution < -0.4 is 11.1 Å². The molecule has 94 valence electrons. The normalized spacial score (nSPS) is 18.9. The van der Waals surface area contributed by atoms with Crippen molar-refractivity contribution < 1.29 is 0 Å². The lowest BCUT2D eigenvalue weighted by molar-refractivity contribution is 0.320. The highest BCUT2D eigenvalue weighted by atomic mass is 35.5. The van der Waals surface area contributed by atoms with Gasteiger partial charge in [0, 0.05) is 25.0 Å². The van der Waals surface area contributed by atoms with Crippen molar-refractivity contribution in [3.05, 3.63) is 23.5 Å². The maximum absolute atomic E-state index is 6.10. The van der Waals surface area contributed by atoms with Gasteiger partial charge in [-0.15, -0.1) is 0 Å². The standard InChI is InChI=1S/C13H20ClN3/c14-11-9-16-7-6-12(11)17-13(8-15)10-4-2-1-3-5-10/h6-7,9-10,13H,1-5,8,15H2,(H,16,17). The number of hydrogen-bond acceptors (Lipinski definition) is 3. The summed E-state index contributed by atoms with van der Waals surface area (Å²) in [5, 5.41) is 4.14. The minimum Gasteiger partial charge on any atom is -0.379 e. The summed E-state index contributed by atoms with van der Waals surface area (Å²) in [5.74, 6) is 0.679. The third kappa shape index (κ3) is 3.33. The maximum atomic E-state index is 6.10. The second-order valence-corrected chi connectivity index (χ2v) is 5.15. The van der Waals surface area contributed by atoms with Crippen LogP contribution >= 0.6 is 11.6 Å². The quantitative estimate of drug-likeness (QED) is 0.867. The minimum absolute atomic E-state index is 0.329. The summed E-state index contributed by atoms with van der Waals surface area (Å²) >= 11 is 6.10. The molecule has 0 aliphatic heterocycles. The number of nitrogens with one attached hydrogen (secondary N) is 1. The molecule has 1 aromatic rings. The molecule has 3 nitrogen and oxygen atoms in total. The molecule has 0 radical (unpaired) electrons. The van der Waals surface area contributed by atoms with Gasteiger partial charge in [-0.3, -0.25) is 4.98 Å². The van der Waals surface area contributed by atoms with E-state index in [0.29, 0.717) is 23.5 Å². The molecular formula is C13H20ClN3. The average molecular weight is 254 g/mol. The van der Waals surface area contributed by atoms with E-state index in [1.54, 1.807) is 12.4 Å². The molecule has 0 amide bonds. The summed E-state index contributed by atoms with van der Waals surface area (Å²) in [6.45, 7) is 0.656. The summed E-state index contributed by atoms with van der Waals surface area (Å²) < 4.78 is 0. The first-order chi connectivity index (χ1) is 8.31. The average Bonchev–Trinajstić information content (AvgIpc) is 2.39. The van der Waals surface area contributed by atoms with Crippen LogP contribution in [-0.4, -0.2) is 17.6 Å². The molecule has 4 heteroatoms. The zero-order chi connectivity index (χ0) is 12.1. The van der Waals surface area contributed by atoms with Gasteiger partial charge in [0.05, 0.1) is 10.7 Å². The van der Waals surface area contributed by atoms with Crippen molar-refractivity contribution in [1.82, 2.24) is 4.98 Å². The van der Waals surface area contributed by atoms with Crippen molar-refractivity contribution in [3.8, 4) is 0 Å². The predicted octanol–water partition coefficient (Wildman–Crippen LogP) is 3.05. The van der Waals surface area contributed by atoms with Crippen molar-refractivity contribution in [3.63, 3.8) is 0 Å². The SMILES string of the molecule is NCC(Nc1ccncc1Cl)C1CCCCC1. The van der Waals surface area contributed by atoms with Crippen molar-refractivity contribution in [1.29, 1.82) is 0 Å². The predicted molar refractivity (Wildman–Crippen MR) is 72.3 cm³/mol. The molecule has 1 heterocycles. The molecule has 0 spiro atoms. The van der Waals surface area contributed by atoms with Crippen LogP contribution in [0, 0.1) is 5.92 Å². The lowest BCUT2D eigenvalue weighted by atomic mass is 9.84. The first kappa shape index (κ1) is 12.7. The van der Waals surface area contributed by atoms with Gasteiger partial charge in [0.15, 0.2) is 0 Å². The fourth-order valence-electron chi connectivity index (χ4n) is 2.60. The molecule has 0 aromatic carbocycles. The number of halogens is 1. The molecule has 1 aromatic heterocycles. The van der Waals surface area contributed by atoms with Crippen LogP contribution in [0.5, 0.6) is 0 Å². The topological polar surface area (TPSA) is 50.9 Å². The van der Waals surface area contributed by atoms with Gasteiger partial charge in [-0.25, -0.2) is 0 Å². The molecule has 1 atom stereocenters. The fourth-order valence-corrected chi connectivity index (χ4v) is 2.77. The van der Waals surface area contributed by atoms with Crippen LogP contribution in [0.3, 0.4) is 0 Å². The van der Waals surface area contributed by atoms with E-state index in [2.05, 4.69) is 10.3 Å². The molecule has 17 heavy (non-hydrogen) atoms. The number of pyridine rings is 1. The number of rotatable bonds is 4. The fraction of sp³-hybridized carbons (Fsp3) is 0.615. The zero-order valence-corrected chi connectivity index (χ0v) is 10.8. The second kappa shape index (κ2) is 6.22. The van der Waals surface area contributed by atoms with Gasteiger partial charge in [-0.05, 0) is 24.8 Å². The zero-order valence-electron chi connectivity index (χ0n) is 10.0. The molecule has 0 bridgehead atoms. The van der Waals surface area contributed by atoms with Gasteiger partial charge < -0.3 is 11.1 Å². The highest BCUT2D eigenvalue weighted by Crippen LogP contribution is 2.29. The maximum Gasteiger partial charge on any atom is 0.0820 e. The Morgan fingerprint density at radius 3 is 2.82 bits per heavy atom. The van der Waals surface area contributed by atoms with Crippen LogP contribution in [0.25, 0.3) is 0 Å². The lowest BCUT2D eigenvalue weighted by Gasteiger charge is -2.31. The highest BCUT2D eigenvalue weighted by Gasteiger charge is 2.22. The van der Waals surface area contributed by atoms with E-state index in [1.165, 1.54) is 32.1 Å². The lowest BCUT2D eigenvalue weighted by Crippen LogP contribution is -2.37. The van der Waals surface area contributed by atoms with Crippen LogP contribution in [0.4, 0.5) is 5.69 Å². The molecule has 1 saturated carbocycles. The number of nitrogens with two attached hydrogens (primary N) is 1. The Kier molecular flexibility index (Phi) is 4.63. The molecule has 1 aliphatic rings. The number of nitrogens with zero attached hydrogens (tertiary/aromatic N) is 1. The summed E-state index contributed by atoms with van der Waals surface area (Å²) in [6.07, 6.45) is 9.99. The second-order valence-electron chi connectivity index (χ2n) is 4.74. The number of hydrogen-bond donors (Lipinski definition) is 2. The molecule has 3 N–H and O–H groups in total. The van der Waals surface area contributed by atoms with Gasteiger partial charge in [0.1, 0.15) is 0 Å². The van der Waals surface area contributed by atoms with Crippen molar-refractivity contribution in [2.45, 2.75) is 38.1 Å². The summed E-state index contributed by atoms with van der Waals surface area (Å²) in [6, 6.07) is 2.24. The van der Waals surface area contributed by atoms with Gasteiger partial charge in [0.2, 0.25) is 0 Å². The first-order valence-corrected chi connectivity index (χ1v) is 6.75. The highest BCUT2D eigenvalue weighted by molar-refractivity contribution is 6.33. The molecular weight excluding hydrogens is 234 g/mol. The van der Waals surface area contributed by atoms with Crippen molar-refractivity contribution >= 4 is 17.3 Å². The Bertz CT molecular complexity index is 350. The number of anilines is 1. The molecule has 1 fully saturated rings. The largest absolute Gasteiger partial charge is 0.379 e. The van der Waals surface area contributed by atoms with E-state index in [-0.39, 0.29) is 0 Å². The molecule has 2 rings (SSSR count). The van der Waals surface area contributed by atoms with Crippen LogP contribution in [0.1, 0.15) is 32.1 Å². The van der Waals surface area contributed by atoms with E-state index in [1.807, 2.05) is 6.07 Å². The molecule has 1 aliphatic carbocycles. The van der Waals surface area contributed by atoms with E-state index in [9.17, 15) is 0 Å².